The van der Waals surface area contributed by atoms with Crippen LogP contribution in [0.25, 0.3) is 10.6 Å². The Morgan fingerprint density at radius 3 is 3.06 bits per heavy atom. The standard InChI is InChI=1S/C12H14BrN3S/c1-7-11(9-3-2-4-14-9)15-16-12(7)10-5-8(13)6-17-10/h5-6,9,14H,2-4H2,1H3,(H,15,16). The maximum absolute atomic E-state index is 4.47. The van der Waals surface area contributed by atoms with E-state index in [-0.39, 0.29) is 0 Å². The molecule has 0 bridgehead atoms. The van der Waals surface area contributed by atoms with E-state index in [4.69, 9.17) is 0 Å². The van der Waals surface area contributed by atoms with Crippen molar-refractivity contribution < 1.29 is 0 Å². The van der Waals surface area contributed by atoms with E-state index in [1.165, 1.54) is 29.0 Å². The monoisotopic (exact) mass is 311 g/mol. The summed E-state index contributed by atoms with van der Waals surface area (Å²) in [6.45, 7) is 3.27. The Labute approximate surface area is 113 Å². The van der Waals surface area contributed by atoms with Gasteiger partial charge in [-0.25, -0.2) is 0 Å². The highest BCUT2D eigenvalue weighted by atomic mass is 79.9. The second-order valence-electron chi connectivity index (χ2n) is 4.39. The van der Waals surface area contributed by atoms with Crippen molar-refractivity contribution >= 4 is 27.3 Å². The third-order valence-corrected chi connectivity index (χ3v) is 4.95. The van der Waals surface area contributed by atoms with Crippen LogP contribution in [0, 0.1) is 6.92 Å². The van der Waals surface area contributed by atoms with Gasteiger partial charge in [-0.3, -0.25) is 5.10 Å². The summed E-state index contributed by atoms with van der Waals surface area (Å²) in [5.41, 5.74) is 3.62. The van der Waals surface area contributed by atoms with E-state index < -0.39 is 0 Å². The number of nitrogens with one attached hydrogen (secondary N) is 2. The van der Waals surface area contributed by atoms with Gasteiger partial charge in [0.2, 0.25) is 0 Å². The lowest BCUT2D eigenvalue weighted by Crippen LogP contribution is -2.14. The number of rotatable bonds is 2. The highest BCUT2D eigenvalue weighted by molar-refractivity contribution is 9.10. The highest BCUT2D eigenvalue weighted by Crippen LogP contribution is 2.34. The molecule has 2 N–H and O–H groups in total. The van der Waals surface area contributed by atoms with E-state index in [9.17, 15) is 0 Å². The molecule has 90 valence electrons. The fourth-order valence-electron chi connectivity index (χ4n) is 2.36. The molecule has 1 aliphatic heterocycles. The topological polar surface area (TPSA) is 40.7 Å². The Kier molecular flexibility index (Phi) is 3.06. The molecule has 1 aliphatic rings. The maximum Gasteiger partial charge on any atom is 0.105 e. The summed E-state index contributed by atoms with van der Waals surface area (Å²) in [7, 11) is 0. The maximum atomic E-state index is 4.47. The van der Waals surface area contributed by atoms with Crippen LogP contribution in [0.5, 0.6) is 0 Å². The van der Waals surface area contributed by atoms with Gasteiger partial charge in [-0.05, 0) is 48.3 Å². The van der Waals surface area contributed by atoms with Gasteiger partial charge in [-0.1, -0.05) is 0 Å². The van der Waals surface area contributed by atoms with Gasteiger partial charge in [0.25, 0.3) is 0 Å². The average molecular weight is 312 g/mol. The number of H-pyrrole nitrogens is 1. The molecule has 1 unspecified atom stereocenters. The first-order valence-corrected chi connectivity index (χ1v) is 7.45. The van der Waals surface area contributed by atoms with E-state index >= 15 is 0 Å². The highest BCUT2D eigenvalue weighted by Gasteiger charge is 2.22. The number of halogens is 1. The number of thiophene rings is 1. The molecular weight excluding hydrogens is 298 g/mol. The van der Waals surface area contributed by atoms with Crippen LogP contribution in [0.15, 0.2) is 15.9 Å². The summed E-state index contributed by atoms with van der Waals surface area (Å²) < 4.78 is 1.13. The van der Waals surface area contributed by atoms with E-state index in [1.54, 1.807) is 11.3 Å². The minimum absolute atomic E-state index is 0.458. The van der Waals surface area contributed by atoms with Crippen LogP contribution in [-0.4, -0.2) is 16.7 Å². The average Bonchev–Trinajstić information content (AvgIpc) is 2.98. The molecule has 2 aromatic rings. The van der Waals surface area contributed by atoms with Crippen LogP contribution in [0.3, 0.4) is 0 Å². The van der Waals surface area contributed by atoms with Crippen LogP contribution < -0.4 is 5.32 Å². The number of hydrogen-bond acceptors (Lipinski definition) is 3. The lowest BCUT2D eigenvalue weighted by atomic mass is 10.1. The molecule has 1 saturated heterocycles. The third-order valence-electron chi connectivity index (χ3n) is 3.26. The van der Waals surface area contributed by atoms with Crippen LogP contribution in [0.2, 0.25) is 0 Å². The molecule has 1 fully saturated rings. The molecule has 0 aromatic carbocycles. The Hall–Kier alpha value is -0.650. The smallest absolute Gasteiger partial charge is 0.105 e. The quantitative estimate of drug-likeness (QED) is 0.889. The van der Waals surface area contributed by atoms with Gasteiger partial charge in [0.05, 0.1) is 10.6 Å². The van der Waals surface area contributed by atoms with E-state index in [0.29, 0.717) is 6.04 Å². The fourth-order valence-corrected chi connectivity index (χ4v) is 3.83. The molecular formula is C12H14BrN3S. The SMILES string of the molecule is Cc1c(-c2cc(Br)cs2)n[nH]c1C1CCCN1. The van der Waals surface area contributed by atoms with Gasteiger partial charge < -0.3 is 5.32 Å². The zero-order chi connectivity index (χ0) is 11.8. The summed E-state index contributed by atoms with van der Waals surface area (Å²) in [6, 6.07) is 2.58. The van der Waals surface area contributed by atoms with Crippen LogP contribution in [-0.2, 0) is 0 Å². The molecule has 5 heteroatoms. The third kappa shape index (κ3) is 2.07. The molecule has 0 amide bonds. The van der Waals surface area contributed by atoms with E-state index in [0.717, 1.165) is 16.7 Å². The Morgan fingerprint density at radius 1 is 1.53 bits per heavy atom. The molecule has 3 rings (SSSR count). The van der Waals surface area contributed by atoms with E-state index in [2.05, 4.69) is 49.8 Å². The van der Waals surface area contributed by atoms with Gasteiger partial charge >= 0.3 is 0 Å². The Morgan fingerprint density at radius 2 is 2.41 bits per heavy atom. The van der Waals surface area contributed by atoms with Crippen molar-refractivity contribution in [2.75, 3.05) is 6.54 Å². The molecule has 3 heterocycles. The van der Waals surface area contributed by atoms with E-state index in [1.807, 2.05) is 0 Å². The Balaban J connectivity index is 1.97. The summed E-state index contributed by atoms with van der Waals surface area (Å²) in [4.78, 5) is 1.22. The molecule has 0 radical (unpaired) electrons. The second kappa shape index (κ2) is 4.55. The van der Waals surface area contributed by atoms with Crippen molar-refractivity contribution in [1.82, 2.24) is 15.5 Å². The Bertz CT molecular complexity index is 526. The minimum atomic E-state index is 0.458. The summed E-state index contributed by atoms with van der Waals surface area (Å²) in [5.74, 6) is 0. The van der Waals surface area contributed by atoms with Gasteiger partial charge in [0.15, 0.2) is 0 Å². The van der Waals surface area contributed by atoms with Crippen molar-refractivity contribution in [1.29, 1.82) is 0 Å². The first-order valence-electron chi connectivity index (χ1n) is 5.78. The van der Waals surface area contributed by atoms with Crippen LogP contribution in [0.4, 0.5) is 0 Å². The fraction of sp³-hybridized carbons (Fsp3) is 0.417. The number of nitrogens with zero attached hydrogens (tertiary/aromatic N) is 1. The largest absolute Gasteiger partial charge is 0.309 e. The van der Waals surface area contributed by atoms with Crippen molar-refractivity contribution in [2.24, 2.45) is 0 Å². The van der Waals surface area contributed by atoms with Crippen molar-refractivity contribution in [3.8, 4) is 10.6 Å². The van der Waals surface area contributed by atoms with Gasteiger partial charge in [-0.15, -0.1) is 11.3 Å². The zero-order valence-electron chi connectivity index (χ0n) is 9.59. The number of aromatic nitrogens is 2. The van der Waals surface area contributed by atoms with Crippen molar-refractivity contribution in [3.05, 3.63) is 27.2 Å². The normalized spacial score (nSPS) is 20.0. The molecule has 2 aromatic heterocycles. The molecule has 0 spiro atoms. The van der Waals surface area contributed by atoms with Gasteiger partial charge in [0.1, 0.15) is 5.69 Å². The van der Waals surface area contributed by atoms with Gasteiger partial charge in [0, 0.05) is 21.5 Å². The summed E-state index contributed by atoms with van der Waals surface area (Å²) in [6.07, 6.45) is 2.46. The van der Waals surface area contributed by atoms with Crippen LogP contribution >= 0.6 is 27.3 Å². The number of aromatic amines is 1. The first kappa shape index (κ1) is 11.4. The van der Waals surface area contributed by atoms with Crippen molar-refractivity contribution in [3.63, 3.8) is 0 Å². The van der Waals surface area contributed by atoms with Crippen molar-refractivity contribution in [2.45, 2.75) is 25.8 Å². The van der Waals surface area contributed by atoms with Gasteiger partial charge in [-0.2, -0.15) is 5.10 Å². The predicted octanol–water partition coefficient (Wildman–Crippen LogP) is 3.63. The molecule has 0 aliphatic carbocycles. The first-order chi connectivity index (χ1) is 8.25. The molecule has 0 saturated carbocycles. The molecule has 17 heavy (non-hydrogen) atoms. The zero-order valence-corrected chi connectivity index (χ0v) is 12.0. The summed E-state index contributed by atoms with van der Waals surface area (Å²) >= 11 is 5.21. The second-order valence-corrected chi connectivity index (χ2v) is 6.22. The summed E-state index contributed by atoms with van der Waals surface area (Å²) in [5, 5.41) is 13.3. The minimum Gasteiger partial charge on any atom is -0.309 e. The molecule has 1 atom stereocenters. The number of hydrogen-bond donors (Lipinski definition) is 2. The lowest BCUT2D eigenvalue weighted by Gasteiger charge is -2.08. The lowest BCUT2D eigenvalue weighted by molar-refractivity contribution is 0.622. The predicted molar refractivity (Wildman–Crippen MR) is 74.3 cm³/mol. The molecule has 3 nitrogen and oxygen atoms in total. The van der Waals surface area contributed by atoms with Crippen LogP contribution in [0.1, 0.15) is 30.1 Å².